The van der Waals surface area contributed by atoms with Gasteiger partial charge in [0.25, 0.3) is 11.8 Å². The van der Waals surface area contributed by atoms with E-state index in [9.17, 15) is 29.1 Å². The van der Waals surface area contributed by atoms with Crippen LogP contribution >= 0.6 is 55.1 Å². The molecule has 2 heterocycles. The lowest BCUT2D eigenvalue weighted by atomic mass is 9.56. The van der Waals surface area contributed by atoms with Crippen LogP contribution in [0.4, 0.5) is 4.79 Å². The lowest BCUT2D eigenvalue weighted by Crippen LogP contribution is -2.60. The number of rotatable bonds is 2. The average molecular weight is 695 g/mol. The van der Waals surface area contributed by atoms with Gasteiger partial charge in [-0.25, -0.2) is 4.79 Å². The molecule has 10 nitrogen and oxygen atoms in total. The molecular weight excluding hydrogens is 675 g/mol. The molecule has 0 unspecified atom stereocenters. The van der Waals surface area contributed by atoms with Crippen molar-refractivity contribution in [3.05, 3.63) is 32.2 Å². The Balaban J connectivity index is 1.77. The fourth-order valence-corrected chi connectivity index (χ4v) is 8.30. The van der Waals surface area contributed by atoms with E-state index < -0.39 is 63.1 Å². The molecule has 0 bridgehead atoms. The van der Waals surface area contributed by atoms with Gasteiger partial charge in [-0.2, -0.15) is 4.90 Å². The van der Waals surface area contributed by atoms with Crippen molar-refractivity contribution < 1.29 is 38.6 Å². The number of imide groups is 4. The second-order valence-electron chi connectivity index (χ2n) is 9.62. The number of phenols is 1. The van der Waals surface area contributed by atoms with E-state index in [2.05, 4.69) is 36.6 Å². The Morgan fingerprint density at radius 3 is 2.34 bits per heavy atom. The first-order chi connectivity index (χ1) is 17.8. The summed E-state index contributed by atoms with van der Waals surface area (Å²) in [5.74, 6) is -6.92. The Bertz CT molecular complexity index is 1390. The number of hydrogen-bond donors (Lipinski definition) is 1. The third-order valence-electron chi connectivity index (χ3n) is 8.08. The summed E-state index contributed by atoms with van der Waals surface area (Å²) in [6.07, 6.45) is 0.480. The van der Waals surface area contributed by atoms with Gasteiger partial charge in [0.15, 0.2) is 21.2 Å². The number of amides is 5. The van der Waals surface area contributed by atoms with E-state index in [0.29, 0.717) is 20.5 Å². The molecule has 1 saturated carbocycles. The molecule has 2 aliphatic heterocycles. The molecule has 0 radical (unpaired) electrons. The fourth-order valence-electron chi connectivity index (χ4n) is 6.34. The van der Waals surface area contributed by atoms with E-state index >= 15 is 0 Å². The maximum Gasteiger partial charge on any atom is 0.423 e. The Labute approximate surface area is 243 Å². The first-order valence-electron chi connectivity index (χ1n) is 11.4. The van der Waals surface area contributed by atoms with Crippen LogP contribution in [0.1, 0.15) is 24.3 Å². The summed E-state index contributed by atoms with van der Waals surface area (Å²) in [4.78, 5) is 63.3. The quantitative estimate of drug-likeness (QED) is 0.282. The highest BCUT2D eigenvalue weighted by molar-refractivity contribution is 9.13. The van der Waals surface area contributed by atoms with Crippen molar-refractivity contribution in [2.75, 3.05) is 21.3 Å². The molecule has 0 spiro atoms. The number of nitrogens with zero attached hydrogens (tertiary/aromatic N) is 2. The topological polar surface area (TPSA) is 131 Å². The number of methoxy groups -OCH3 is 2. The third kappa shape index (κ3) is 3.20. The standard InChI is InChI=1S/C24H20Br2Cl2N2O8/c1-29-20(34)23(27)7-11-8(4-5-9-13(11)19(33)30(18(9)32)22(36)38-3)14(24(23,28)21(29)35)10-6-12(37-2)17(31)16(26)15(10)25/h4,6,9,11,13-14,31H,5,7H2,1-3H3/t9-,11+,13-,14+,23+,24-/m0/s1. The van der Waals surface area contributed by atoms with Crippen LogP contribution in [0, 0.1) is 17.8 Å². The zero-order valence-electron chi connectivity index (χ0n) is 20.1. The number of hydrogen-bond acceptors (Lipinski definition) is 8. The Morgan fingerprint density at radius 1 is 1.08 bits per heavy atom. The molecule has 1 N–H and O–H groups in total. The van der Waals surface area contributed by atoms with Crippen molar-refractivity contribution in [3.8, 4) is 11.5 Å². The van der Waals surface area contributed by atoms with Gasteiger partial charge < -0.3 is 14.6 Å². The van der Waals surface area contributed by atoms with Crippen molar-refractivity contribution >= 4 is 84.8 Å². The van der Waals surface area contributed by atoms with Gasteiger partial charge in [0.05, 0.1) is 30.5 Å². The van der Waals surface area contributed by atoms with Gasteiger partial charge in [0.1, 0.15) is 0 Å². The minimum atomic E-state index is -2.02. The summed E-state index contributed by atoms with van der Waals surface area (Å²) < 4.78 is 10.5. The number of halogens is 4. The zero-order valence-corrected chi connectivity index (χ0v) is 24.8. The zero-order chi connectivity index (χ0) is 28.1. The lowest BCUT2D eigenvalue weighted by molar-refractivity contribution is -0.139. The third-order valence-corrected chi connectivity index (χ3v) is 11.6. The van der Waals surface area contributed by atoms with Crippen LogP contribution in [0.25, 0.3) is 0 Å². The van der Waals surface area contributed by atoms with Gasteiger partial charge in [-0.15, -0.1) is 23.2 Å². The average Bonchev–Trinajstić information content (AvgIpc) is 3.22. The lowest BCUT2D eigenvalue weighted by Gasteiger charge is -2.51. The number of likely N-dealkylation sites (tertiary alicyclic amines) is 2. The molecule has 0 aromatic heterocycles. The number of alkyl halides is 2. The second-order valence-corrected chi connectivity index (χ2v) is 12.5. The van der Waals surface area contributed by atoms with Crippen LogP contribution in [0.5, 0.6) is 11.5 Å². The molecule has 3 fully saturated rings. The number of phenolic OH excluding ortho intramolecular Hbond substituents is 1. The minimum Gasteiger partial charge on any atom is -0.503 e. The van der Waals surface area contributed by atoms with Crippen LogP contribution < -0.4 is 4.74 Å². The molecule has 5 rings (SSSR count). The number of benzene rings is 1. The first kappa shape index (κ1) is 27.4. The van der Waals surface area contributed by atoms with Crippen molar-refractivity contribution in [3.63, 3.8) is 0 Å². The molecular formula is C24H20Br2Cl2N2O8. The minimum absolute atomic E-state index is 0.0565. The summed E-state index contributed by atoms with van der Waals surface area (Å²) in [7, 11) is 3.69. The SMILES string of the molecule is COC(=O)N1C(=O)[C@H]2[C@H](CC=C3[C@H]2C[C@@]2(Cl)C(=O)N(C)C(=O)[C@@]2(Cl)[C@H]3c2cc(OC)c(O)c(Br)c2Br)C1=O. The Hall–Kier alpha value is -2.15. The predicted molar refractivity (Wildman–Crippen MR) is 140 cm³/mol. The molecule has 6 atom stereocenters. The molecule has 1 aromatic carbocycles. The Morgan fingerprint density at radius 2 is 1.74 bits per heavy atom. The van der Waals surface area contributed by atoms with Crippen molar-refractivity contribution in [2.24, 2.45) is 17.8 Å². The summed E-state index contributed by atoms with van der Waals surface area (Å²) in [6.45, 7) is 0. The van der Waals surface area contributed by atoms with E-state index in [-0.39, 0.29) is 28.8 Å². The van der Waals surface area contributed by atoms with Crippen LogP contribution in [0.3, 0.4) is 0 Å². The van der Waals surface area contributed by atoms with Crippen LogP contribution in [0.15, 0.2) is 26.7 Å². The van der Waals surface area contributed by atoms with Gasteiger partial charge in [-0.05, 0) is 62.2 Å². The van der Waals surface area contributed by atoms with Gasteiger partial charge in [-0.1, -0.05) is 11.6 Å². The summed E-state index contributed by atoms with van der Waals surface area (Å²) in [5, 5.41) is 10.5. The highest BCUT2D eigenvalue weighted by atomic mass is 79.9. The molecule has 2 saturated heterocycles. The molecule has 5 amide bonds. The van der Waals surface area contributed by atoms with Crippen molar-refractivity contribution in [1.29, 1.82) is 0 Å². The molecule has 38 heavy (non-hydrogen) atoms. The molecule has 14 heteroatoms. The largest absolute Gasteiger partial charge is 0.503 e. The highest BCUT2D eigenvalue weighted by Crippen LogP contribution is 2.66. The maximum absolute atomic E-state index is 13.6. The smallest absolute Gasteiger partial charge is 0.423 e. The van der Waals surface area contributed by atoms with Crippen LogP contribution in [0.2, 0.25) is 0 Å². The predicted octanol–water partition coefficient (Wildman–Crippen LogP) is 3.68. The fraction of sp³-hybridized carbons (Fsp3) is 0.458. The highest BCUT2D eigenvalue weighted by Gasteiger charge is 2.76. The summed E-state index contributed by atoms with van der Waals surface area (Å²) in [6, 6.07) is 1.48. The monoisotopic (exact) mass is 692 g/mol. The number of allylic oxidation sites excluding steroid dienone is 2. The van der Waals surface area contributed by atoms with Crippen LogP contribution in [-0.2, 0) is 23.9 Å². The van der Waals surface area contributed by atoms with Crippen molar-refractivity contribution in [1.82, 2.24) is 9.80 Å². The van der Waals surface area contributed by atoms with Gasteiger partial charge >= 0.3 is 6.09 Å². The van der Waals surface area contributed by atoms with Gasteiger partial charge in [0, 0.05) is 17.4 Å². The normalized spacial score (nSPS) is 34.1. The van der Waals surface area contributed by atoms with E-state index in [4.69, 9.17) is 27.9 Å². The number of aromatic hydroxyl groups is 1. The van der Waals surface area contributed by atoms with E-state index in [1.54, 1.807) is 6.08 Å². The van der Waals surface area contributed by atoms with E-state index in [0.717, 1.165) is 12.0 Å². The maximum atomic E-state index is 13.6. The van der Waals surface area contributed by atoms with Crippen molar-refractivity contribution in [2.45, 2.75) is 28.5 Å². The molecule has 1 aromatic rings. The molecule has 4 aliphatic rings. The van der Waals surface area contributed by atoms with E-state index in [1.165, 1.54) is 20.2 Å². The second kappa shape index (κ2) is 8.94. The number of carbonyl (C=O) groups is 5. The summed E-state index contributed by atoms with van der Waals surface area (Å²) >= 11 is 21.0. The van der Waals surface area contributed by atoms with Crippen LogP contribution in [-0.4, -0.2) is 75.6 Å². The number of ether oxygens (including phenoxy) is 2. The first-order valence-corrected chi connectivity index (χ1v) is 13.7. The molecule has 202 valence electrons. The van der Waals surface area contributed by atoms with E-state index in [1.807, 2.05) is 0 Å². The number of carbonyl (C=O) groups excluding carboxylic acids is 5. The number of fused-ring (bicyclic) bond motifs is 4. The molecule has 2 aliphatic carbocycles. The van der Waals surface area contributed by atoms with Gasteiger partial charge in [-0.3, -0.25) is 24.1 Å². The Kier molecular flexibility index (Phi) is 6.45. The summed E-state index contributed by atoms with van der Waals surface area (Å²) in [5.41, 5.74) is 0.876. The van der Waals surface area contributed by atoms with Gasteiger partial charge in [0.2, 0.25) is 11.8 Å².